The summed E-state index contributed by atoms with van der Waals surface area (Å²) in [4.78, 5) is 50.9. The van der Waals surface area contributed by atoms with E-state index in [1.54, 1.807) is 30.3 Å². The number of hydrogen-bond acceptors (Lipinski definition) is 6. The van der Waals surface area contributed by atoms with E-state index in [4.69, 9.17) is 10.5 Å². The largest absolute Gasteiger partial charge is 0.427 e. The van der Waals surface area contributed by atoms with E-state index in [1.165, 1.54) is 43.1 Å². The van der Waals surface area contributed by atoms with Crippen LogP contribution in [0.15, 0.2) is 54.6 Å². The first-order valence-electron chi connectivity index (χ1n) is 8.80. The molecular formula is C20H20N4O5. The number of imide groups is 1. The van der Waals surface area contributed by atoms with Crippen molar-refractivity contribution in [2.45, 2.75) is 19.1 Å². The van der Waals surface area contributed by atoms with Gasteiger partial charge in [0, 0.05) is 25.2 Å². The number of benzene rings is 2. The Bertz CT molecular complexity index is 945. The van der Waals surface area contributed by atoms with E-state index in [-0.39, 0.29) is 5.56 Å². The maximum absolute atomic E-state index is 12.6. The molecule has 0 radical (unpaired) electrons. The third-order valence-electron chi connectivity index (χ3n) is 4.43. The molecule has 3 N–H and O–H groups in total. The zero-order valence-corrected chi connectivity index (χ0v) is 15.9. The molecule has 0 spiro atoms. The Morgan fingerprint density at radius 2 is 1.66 bits per heavy atom. The van der Waals surface area contributed by atoms with Crippen molar-refractivity contribution >= 4 is 29.5 Å². The molecule has 2 unspecified atom stereocenters. The van der Waals surface area contributed by atoms with E-state index in [1.807, 2.05) is 0 Å². The van der Waals surface area contributed by atoms with Crippen molar-refractivity contribution in [3.8, 4) is 5.75 Å². The Balaban J connectivity index is 1.81. The van der Waals surface area contributed by atoms with Crippen LogP contribution in [0.3, 0.4) is 0 Å². The predicted octanol–water partition coefficient (Wildman–Crippen LogP) is 1.09. The van der Waals surface area contributed by atoms with Gasteiger partial charge in [0.05, 0.1) is 0 Å². The normalized spacial score (nSPS) is 19.1. The van der Waals surface area contributed by atoms with Gasteiger partial charge in [0.25, 0.3) is 11.8 Å². The zero-order chi connectivity index (χ0) is 21.1. The van der Waals surface area contributed by atoms with E-state index in [2.05, 4.69) is 5.32 Å². The molecular weight excluding hydrogens is 376 g/mol. The molecule has 2 atom stereocenters. The fraction of sp³-hybridized carbons (Fsp3) is 0.200. The lowest BCUT2D eigenvalue weighted by atomic mass is 10.1. The van der Waals surface area contributed by atoms with Crippen LogP contribution < -0.4 is 20.7 Å². The second-order valence-corrected chi connectivity index (χ2v) is 6.45. The molecule has 9 nitrogen and oxygen atoms in total. The Morgan fingerprint density at radius 1 is 1.03 bits per heavy atom. The van der Waals surface area contributed by atoms with Crippen LogP contribution in [-0.2, 0) is 9.59 Å². The minimum Gasteiger partial charge on any atom is -0.427 e. The lowest BCUT2D eigenvalue weighted by Gasteiger charge is -2.41. The van der Waals surface area contributed by atoms with Crippen LogP contribution in [0, 0.1) is 0 Å². The number of esters is 1. The molecule has 2 aromatic rings. The third kappa shape index (κ3) is 4.09. The number of ether oxygens (including phenoxy) is 1. The first kappa shape index (κ1) is 20.0. The number of amides is 4. The van der Waals surface area contributed by atoms with Crippen molar-refractivity contribution in [3.63, 3.8) is 0 Å². The molecule has 0 aliphatic carbocycles. The molecule has 2 aromatic carbocycles. The van der Waals surface area contributed by atoms with Crippen molar-refractivity contribution in [2.24, 2.45) is 5.73 Å². The van der Waals surface area contributed by atoms with E-state index in [9.17, 15) is 19.2 Å². The van der Waals surface area contributed by atoms with Crippen molar-refractivity contribution in [1.29, 1.82) is 0 Å². The van der Waals surface area contributed by atoms with Gasteiger partial charge >= 0.3 is 12.0 Å². The molecule has 4 amide bonds. The van der Waals surface area contributed by atoms with Gasteiger partial charge in [-0.2, -0.15) is 0 Å². The number of nitrogens with zero attached hydrogens (tertiary/aromatic N) is 2. The second kappa shape index (κ2) is 8.11. The SMILES string of the molecule is CC(=O)Oc1ccc(C(=O)NC2C(=O)N(C)C(=O)N(c3ccccc3)C2N)cc1. The number of anilines is 1. The molecule has 3 rings (SSSR count). The Kier molecular flexibility index (Phi) is 5.60. The molecule has 1 aliphatic heterocycles. The molecule has 150 valence electrons. The van der Waals surface area contributed by atoms with Crippen LogP contribution in [0.4, 0.5) is 10.5 Å². The number of urea groups is 1. The first-order valence-corrected chi connectivity index (χ1v) is 8.80. The fourth-order valence-corrected chi connectivity index (χ4v) is 2.97. The van der Waals surface area contributed by atoms with E-state index in [0.717, 1.165) is 4.90 Å². The van der Waals surface area contributed by atoms with E-state index >= 15 is 0 Å². The summed E-state index contributed by atoms with van der Waals surface area (Å²) in [5, 5.41) is 2.59. The maximum Gasteiger partial charge on any atom is 0.332 e. The van der Waals surface area contributed by atoms with Crippen molar-refractivity contribution in [3.05, 3.63) is 60.2 Å². The summed E-state index contributed by atoms with van der Waals surface area (Å²) >= 11 is 0. The van der Waals surface area contributed by atoms with Crippen LogP contribution in [0.2, 0.25) is 0 Å². The third-order valence-corrected chi connectivity index (χ3v) is 4.43. The summed E-state index contributed by atoms with van der Waals surface area (Å²) in [6, 6.07) is 12.8. The Hall–Kier alpha value is -3.72. The highest BCUT2D eigenvalue weighted by Gasteiger charge is 2.44. The average Bonchev–Trinajstić information content (AvgIpc) is 2.70. The number of likely N-dealkylation sites (N-methyl/N-ethyl adjacent to an activating group) is 1. The summed E-state index contributed by atoms with van der Waals surface area (Å²) < 4.78 is 4.93. The van der Waals surface area contributed by atoms with Gasteiger partial charge < -0.3 is 15.8 Å². The monoisotopic (exact) mass is 396 g/mol. The quantitative estimate of drug-likeness (QED) is 0.589. The highest BCUT2D eigenvalue weighted by atomic mass is 16.5. The van der Waals surface area contributed by atoms with Gasteiger partial charge in [0.15, 0.2) is 0 Å². The topological polar surface area (TPSA) is 122 Å². The molecule has 1 aliphatic rings. The maximum atomic E-state index is 12.6. The standard InChI is InChI=1S/C20H20N4O5/c1-12(25)29-15-10-8-13(9-11-15)18(26)22-16-17(21)24(14-6-4-3-5-7-14)20(28)23(2)19(16)27/h3-11,16-17H,21H2,1-2H3,(H,22,26). The first-order chi connectivity index (χ1) is 13.8. The number of rotatable bonds is 4. The van der Waals surface area contributed by atoms with Gasteiger partial charge in [-0.1, -0.05) is 18.2 Å². The second-order valence-electron chi connectivity index (χ2n) is 6.45. The van der Waals surface area contributed by atoms with Crippen LogP contribution in [0.25, 0.3) is 0 Å². The molecule has 29 heavy (non-hydrogen) atoms. The summed E-state index contributed by atoms with van der Waals surface area (Å²) in [6.07, 6.45) is -1.09. The number of hydrogen-bond donors (Lipinski definition) is 2. The average molecular weight is 396 g/mol. The number of carbonyl (C=O) groups excluding carboxylic acids is 4. The van der Waals surface area contributed by atoms with E-state index in [0.29, 0.717) is 11.4 Å². The minimum absolute atomic E-state index is 0.242. The molecule has 1 saturated heterocycles. The number of carbonyl (C=O) groups is 4. The fourth-order valence-electron chi connectivity index (χ4n) is 2.97. The lowest BCUT2D eigenvalue weighted by molar-refractivity contribution is -0.132. The summed E-state index contributed by atoms with van der Waals surface area (Å²) in [6.45, 7) is 1.27. The predicted molar refractivity (Wildman–Crippen MR) is 104 cm³/mol. The van der Waals surface area contributed by atoms with Crippen molar-refractivity contribution in [2.75, 3.05) is 11.9 Å². The van der Waals surface area contributed by atoms with Crippen LogP contribution >= 0.6 is 0 Å². The van der Waals surface area contributed by atoms with Crippen LogP contribution in [-0.4, -0.2) is 48.0 Å². The molecule has 0 bridgehead atoms. The summed E-state index contributed by atoms with van der Waals surface area (Å²) in [5.41, 5.74) is 6.94. The van der Waals surface area contributed by atoms with E-state index < -0.39 is 36.0 Å². The minimum atomic E-state index is -1.14. The molecule has 0 saturated carbocycles. The number of nitrogens with two attached hydrogens (primary N) is 1. The van der Waals surface area contributed by atoms with Crippen LogP contribution in [0.1, 0.15) is 17.3 Å². The van der Waals surface area contributed by atoms with Gasteiger partial charge in [-0.15, -0.1) is 0 Å². The smallest absolute Gasteiger partial charge is 0.332 e. The Labute approximate surface area is 167 Å². The van der Waals surface area contributed by atoms with Gasteiger partial charge in [-0.05, 0) is 36.4 Å². The zero-order valence-electron chi connectivity index (χ0n) is 15.9. The highest BCUT2D eigenvalue weighted by molar-refractivity contribution is 6.09. The summed E-state index contributed by atoms with van der Waals surface area (Å²) in [5.74, 6) is -1.35. The molecule has 1 fully saturated rings. The van der Waals surface area contributed by atoms with Crippen molar-refractivity contribution in [1.82, 2.24) is 10.2 Å². The number of nitrogens with one attached hydrogen (secondary N) is 1. The van der Waals surface area contributed by atoms with Gasteiger partial charge in [0.2, 0.25) is 0 Å². The summed E-state index contributed by atoms with van der Waals surface area (Å²) in [7, 11) is 1.33. The Morgan fingerprint density at radius 3 is 2.24 bits per heavy atom. The van der Waals surface area contributed by atoms with Gasteiger partial charge in [0.1, 0.15) is 18.0 Å². The molecule has 9 heteroatoms. The van der Waals surface area contributed by atoms with Gasteiger partial charge in [-0.3, -0.25) is 24.2 Å². The highest BCUT2D eigenvalue weighted by Crippen LogP contribution is 2.23. The van der Waals surface area contributed by atoms with Gasteiger partial charge in [-0.25, -0.2) is 4.79 Å². The number of para-hydroxylation sites is 1. The lowest BCUT2D eigenvalue weighted by Crippen LogP contribution is -2.71. The molecule has 0 aromatic heterocycles. The van der Waals surface area contributed by atoms with Crippen molar-refractivity contribution < 1.29 is 23.9 Å². The molecule has 1 heterocycles. The van der Waals surface area contributed by atoms with Crippen LogP contribution in [0.5, 0.6) is 5.75 Å².